The number of amides is 4. The van der Waals surface area contributed by atoms with Crippen LogP contribution < -0.4 is 16.0 Å². The number of nitrogens with one attached hydrogen (secondary N) is 3. The minimum Gasteiger partial charge on any atom is -0.481 e. The highest BCUT2D eigenvalue weighted by atomic mass is 16.4. The van der Waals surface area contributed by atoms with Gasteiger partial charge in [-0.1, -0.05) is 44.2 Å². The highest BCUT2D eigenvalue weighted by Gasteiger charge is 2.39. The van der Waals surface area contributed by atoms with Crippen molar-refractivity contribution in [1.82, 2.24) is 20.9 Å². The predicted molar refractivity (Wildman–Crippen MR) is 140 cm³/mol. The third-order valence-corrected chi connectivity index (χ3v) is 6.39. The molecule has 0 saturated carbocycles. The van der Waals surface area contributed by atoms with Crippen molar-refractivity contribution in [3.63, 3.8) is 0 Å². The van der Waals surface area contributed by atoms with Crippen LogP contribution in [0.1, 0.15) is 58.4 Å². The summed E-state index contributed by atoms with van der Waals surface area (Å²) in [6.07, 6.45) is 0.604. The van der Waals surface area contributed by atoms with Crippen LogP contribution in [0.3, 0.4) is 0 Å². The average Bonchev–Trinajstić information content (AvgIpc) is 3.36. The molecule has 1 heterocycles. The van der Waals surface area contributed by atoms with E-state index in [1.54, 1.807) is 30.3 Å². The first-order valence-corrected chi connectivity index (χ1v) is 13.1. The first kappa shape index (κ1) is 31.3. The summed E-state index contributed by atoms with van der Waals surface area (Å²) in [6, 6.07) is 4.86. The number of aliphatic carboxylic acids is 2. The van der Waals surface area contributed by atoms with Gasteiger partial charge in [-0.15, -0.1) is 0 Å². The van der Waals surface area contributed by atoms with Crippen LogP contribution in [0.2, 0.25) is 0 Å². The van der Waals surface area contributed by atoms with Crippen molar-refractivity contribution in [3.05, 3.63) is 35.9 Å². The van der Waals surface area contributed by atoms with Gasteiger partial charge in [-0.25, -0.2) is 4.79 Å². The fraction of sp³-hybridized carbons (Fsp3) is 0.556. The number of carbonyl (C=O) groups is 6. The minimum absolute atomic E-state index is 0.0110. The number of benzene rings is 1. The van der Waals surface area contributed by atoms with Crippen LogP contribution in [-0.4, -0.2) is 81.4 Å². The van der Waals surface area contributed by atoms with Gasteiger partial charge in [0.25, 0.3) is 0 Å². The van der Waals surface area contributed by atoms with Gasteiger partial charge in [0.1, 0.15) is 24.2 Å². The van der Waals surface area contributed by atoms with E-state index in [4.69, 9.17) is 5.11 Å². The smallest absolute Gasteiger partial charge is 0.326 e. The molecule has 0 unspecified atom stereocenters. The van der Waals surface area contributed by atoms with E-state index in [-0.39, 0.29) is 38.1 Å². The van der Waals surface area contributed by atoms with Crippen molar-refractivity contribution in [2.45, 2.75) is 83.5 Å². The van der Waals surface area contributed by atoms with Crippen LogP contribution in [0.5, 0.6) is 0 Å². The molecular formula is C27H38N4O8. The number of hydrogen-bond acceptors (Lipinski definition) is 6. The molecule has 12 nitrogen and oxygen atoms in total. The number of nitrogens with zero attached hydrogens (tertiary/aromatic N) is 1. The summed E-state index contributed by atoms with van der Waals surface area (Å²) in [5, 5.41) is 26.0. The number of carbonyl (C=O) groups excluding carboxylic acids is 4. The summed E-state index contributed by atoms with van der Waals surface area (Å²) in [6.45, 7) is 5.45. The SMILES string of the molecule is CC(C)C[C@H](NC(=O)[C@H](C)NC(=O)CCC(=O)O)C(=O)N1CCC[C@H]1C(=O)N[C@@H](Cc1ccccc1)C(=O)O. The summed E-state index contributed by atoms with van der Waals surface area (Å²) in [4.78, 5) is 75.2. The van der Waals surface area contributed by atoms with Crippen LogP contribution >= 0.6 is 0 Å². The second-order valence-electron chi connectivity index (χ2n) is 10.2. The number of hydrogen-bond donors (Lipinski definition) is 5. The van der Waals surface area contributed by atoms with Crippen molar-refractivity contribution in [1.29, 1.82) is 0 Å². The maximum Gasteiger partial charge on any atom is 0.326 e. The molecule has 4 amide bonds. The molecule has 1 saturated heterocycles. The van der Waals surface area contributed by atoms with E-state index in [0.29, 0.717) is 12.8 Å². The molecule has 0 radical (unpaired) electrons. The van der Waals surface area contributed by atoms with Crippen molar-refractivity contribution < 1.29 is 39.0 Å². The van der Waals surface area contributed by atoms with Crippen molar-refractivity contribution in [2.24, 2.45) is 5.92 Å². The summed E-state index contributed by atoms with van der Waals surface area (Å²) in [5.41, 5.74) is 0.744. The Hall–Kier alpha value is -3.96. The fourth-order valence-corrected chi connectivity index (χ4v) is 4.41. The van der Waals surface area contributed by atoms with Crippen LogP contribution in [0.15, 0.2) is 30.3 Å². The van der Waals surface area contributed by atoms with Gasteiger partial charge in [0.05, 0.1) is 6.42 Å². The maximum atomic E-state index is 13.5. The standard InChI is InChI=1S/C27H38N4O8/c1-16(2)14-19(29-24(35)17(3)28-22(32)11-12-23(33)34)26(37)31-13-7-10-21(31)25(36)30-20(27(38)39)15-18-8-5-4-6-9-18/h4-6,8-9,16-17,19-21H,7,10-15H2,1-3H3,(H,28,32)(H,29,35)(H,30,36)(H,33,34)(H,38,39)/t17-,19-,20-,21-/m0/s1. The van der Waals surface area contributed by atoms with Crippen molar-refractivity contribution in [3.8, 4) is 0 Å². The van der Waals surface area contributed by atoms with E-state index in [1.807, 2.05) is 13.8 Å². The van der Waals surface area contributed by atoms with Gasteiger partial charge in [-0.2, -0.15) is 0 Å². The topological polar surface area (TPSA) is 182 Å². The van der Waals surface area contributed by atoms with Gasteiger partial charge in [0.2, 0.25) is 23.6 Å². The van der Waals surface area contributed by atoms with E-state index in [0.717, 1.165) is 5.56 Å². The molecule has 1 aliphatic rings. The second kappa shape index (κ2) is 14.8. The van der Waals surface area contributed by atoms with E-state index < -0.39 is 59.7 Å². The Balaban J connectivity index is 2.08. The van der Waals surface area contributed by atoms with Crippen molar-refractivity contribution >= 4 is 35.6 Å². The lowest BCUT2D eigenvalue weighted by Gasteiger charge is -2.30. The summed E-state index contributed by atoms with van der Waals surface area (Å²) in [7, 11) is 0. The van der Waals surface area contributed by atoms with Gasteiger partial charge in [-0.05, 0) is 37.7 Å². The Morgan fingerprint density at radius 2 is 1.59 bits per heavy atom. The number of carboxylic acid groups (broad SMARTS) is 2. The quantitative estimate of drug-likeness (QED) is 0.226. The third-order valence-electron chi connectivity index (χ3n) is 6.39. The number of carboxylic acids is 2. The fourth-order valence-electron chi connectivity index (χ4n) is 4.41. The monoisotopic (exact) mass is 546 g/mol. The Kier molecular flexibility index (Phi) is 11.9. The molecule has 1 aromatic rings. The van der Waals surface area contributed by atoms with Crippen LogP contribution in [0.4, 0.5) is 0 Å². The first-order valence-electron chi connectivity index (χ1n) is 13.1. The molecule has 1 aromatic carbocycles. The van der Waals surface area contributed by atoms with Gasteiger partial charge in [-0.3, -0.25) is 24.0 Å². The molecule has 0 spiro atoms. The maximum absolute atomic E-state index is 13.5. The molecule has 0 bridgehead atoms. The van der Waals surface area contributed by atoms with Gasteiger partial charge in [0.15, 0.2) is 0 Å². The Morgan fingerprint density at radius 1 is 0.923 bits per heavy atom. The Morgan fingerprint density at radius 3 is 2.18 bits per heavy atom. The molecule has 39 heavy (non-hydrogen) atoms. The summed E-state index contributed by atoms with van der Waals surface area (Å²) >= 11 is 0. The number of likely N-dealkylation sites (tertiary alicyclic amines) is 1. The number of rotatable bonds is 14. The molecule has 4 atom stereocenters. The molecule has 1 aliphatic heterocycles. The van der Waals surface area contributed by atoms with Crippen LogP contribution in [0.25, 0.3) is 0 Å². The lowest BCUT2D eigenvalue weighted by Crippen LogP contribution is -2.57. The van der Waals surface area contributed by atoms with E-state index in [2.05, 4.69) is 16.0 Å². The highest BCUT2D eigenvalue weighted by molar-refractivity contribution is 5.95. The molecule has 214 valence electrons. The van der Waals surface area contributed by atoms with E-state index in [9.17, 15) is 33.9 Å². The lowest BCUT2D eigenvalue weighted by molar-refractivity contribution is -0.145. The molecule has 2 rings (SSSR count). The molecular weight excluding hydrogens is 508 g/mol. The molecule has 0 aromatic heterocycles. The molecule has 1 fully saturated rings. The molecule has 0 aliphatic carbocycles. The largest absolute Gasteiger partial charge is 0.481 e. The predicted octanol–water partition coefficient (Wildman–Crippen LogP) is 0.690. The molecule has 5 N–H and O–H groups in total. The Bertz CT molecular complexity index is 1050. The van der Waals surface area contributed by atoms with E-state index >= 15 is 0 Å². The van der Waals surface area contributed by atoms with Crippen LogP contribution in [-0.2, 0) is 35.2 Å². The zero-order valence-electron chi connectivity index (χ0n) is 22.5. The minimum atomic E-state index is -1.19. The normalized spacial score (nSPS) is 17.1. The molecule has 12 heteroatoms. The zero-order valence-corrected chi connectivity index (χ0v) is 22.5. The van der Waals surface area contributed by atoms with Crippen molar-refractivity contribution in [2.75, 3.05) is 6.54 Å². The highest BCUT2D eigenvalue weighted by Crippen LogP contribution is 2.21. The first-order chi connectivity index (χ1) is 18.4. The zero-order chi connectivity index (χ0) is 29.1. The summed E-state index contributed by atoms with van der Waals surface area (Å²) in [5.74, 6) is -4.57. The van der Waals surface area contributed by atoms with Gasteiger partial charge >= 0.3 is 11.9 Å². The average molecular weight is 547 g/mol. The van der Waals surface area contributed by atoms with E-state index in [1.165, 1.54) is 11.8 Å². The lowest BCUT2D eigenvalue weighted by atomic mass is 10.0. The Labute approximate surface area is 227 Å². The second-order valence-corrected chi connectivity index (χ2v) is 10.2. The van der Waals surface area contributed by atoms with Crippen LogP contribution in [0, 0.1) is 5.92 Å². The third kappa shape index (κ3) is 10.0. The summed E-state index contributed by atoms with van der Waals surface area (Å²) < 4.78 is 0. The van der Waals surface area contributed by atoms with Gasteiger partial charge < -0.3 is 31.1 Å². The van der Waals surface area contributed by atoms with Gasteiger partial charge in [0, 0.05) is 19.4 Å².